The zero-order chi connectivity index (χ0) is 16.1. The van der Waals surface area contributed by atoms with Crippen molar-refractivity contribution in [1.82, 2.24) is 14.9 Å². The molecule has 1 saturated heterocycles. The normalized spacial score (nSPS) is 19.0. The lowest BCUT2D eigenvalue weighted by atomic mass is 9.97. The number of rotatable bonds is 6. The lowest BCUT2D eigenvalue weighted by Crippen LogP contribution is -2.39. The zero-order valence-electron chi connectivity index (χ0n) is 14.1. The van der Waals surface area contributed by atoms with E-state index in [1.165, 1.54) is 43.6 Å². The monoisotopic (exact) mass is 330 g/mol. The molecule has 0 saturated carbocycles. The fourth-order valence-electron chi connectivity index (χ4n) is 3.29. The van der Waals surface area contributed by atoms with Gasteiger partial charge in [0.15, 0.2) is 0 Å². The number of pyridine rings is 1. The van der Waals surface area contributed by atoms with Crippen molar-refractivity contribution in [2.24, 2.45) is 0 Å². The molecule has 23 heavy (non-hydrogen) atoms. The summed E-state index contributed by atoms with van der Waals surface area (Å²) in [6, 6.07) is 7.00. The second-order valence-electron chi connectivity index (χ2n) is 6.52. The number of thiazole rings is 1. The van der Waals surface area contributed by atoms with E-state index in [-0.39, 0.29) is 0 Å². The molecule has 1 atom stereocenters. The Labute approximate surface area is 143 Å². The smallest absolute Gasteiger partial charge is 0.128 e. The molecule has 0 aromatic carbocycles. The molecular weight excluding hydrogens is 304 g/mol. The Hall–Kier alpha value is -1.46. The molecule has 4 nitrogen and oxygen atoms in total. The van der Waals surface area contributed by atoms with E-state index in [0.717, 1.165) is 18.8 Å². The summed E-state index contributed by atoms with van der Waals surface area (Å²) < 4.78 is 0. The topological polar surface area (TPSA) is 32.3 Å². The highest BCUT2D eigenvalue weighted by Gasteiger charge is 2.22. The van der Waals surface area contributed by atoms with Crippen molar-refractivity contribution >= 4 is 17.2 Å². The minimum atomic E-state index is 0.662. The molecule has 2 aromatic heterocycles. The number of aromatic nitrogens is 2. The summed E-state index contributed by atoms with van der Waals surface area (Å²) in [6.45, 7) is 2.20. The van der Waals surface area contributed by atoms with Gasteiger partial charge in [0.1, 0.15) is 5.82 Å². The highest BCUT2D eigenvalue weighted by atomic mass is 32.1. The third kappa shape index (κ3) is 4.52. The lowest BCUT2D eigenvalue weighted by Gasteiger charge is -2.35. The van der Waals surface area contributed by atoms with E-state index in [1.807, 2.05) is 19.6 Å². The van der Waals surface area contributed by atoms with Crippen LogP contribution >= 0.6 is 11.3 Å². The van der Waals surface area contributed by atoms with Gasteiger partial charge in [0, 0.05) is 37.8 Å². The van der Waals surface area contributed by atoms with Gasteiger partial charge >= 0.3 is 0 Å². The number of hydrogen-bond donors (Lipinski definition) is 0. The summed E-state index contributed by atoms with van der Waals surface area (Å²) in [6.07, 6.45) is 6.21. The maximum atomic E-state index is 4.75. The minimum absolute atomic E-state index is 0.662. The van der Waals surface area contributed by atoms with Crippen LogP contribution in [0.3, 0.4) is 0 Å². The number of nitrogens with zero attached hydrogens (tertiary/aromatic N) is 4. The summed E-state index contributed by atoms with van der Waals surface area (Å²) in [5.74, 6) is 1.05. The molecule has 0 unspecified atom stereocenters. The van der Waals surface area contributed by atoms with Gasteiger partial charge in [-0.25, -0.2) is 9.97 Å². The number of hydrogen-bond acceptors (Lipinski definition) is 5. The van der Waals surface area contributed by atoms with Crippen LogP contribution < -0.4 is 4.90 Å². The Morgan fingerprint density at radius 2 is 2.17 bits per heavy atom. The second kappa shape index (κ2) is 7.88. The number of anilines is 1. The quantitative estimate of drug-likeness (QED) is 0.810. The molecule has 0 bridgehead atoms. The van der Waals surface area contributed by atoms with Gasteiger partial charge in [0.25, 0.3) is 0 Å². The van der Waals surface area contributed by atoms with Crippen molar-refractivity contribution < 1.29 is 0 Å². The van der Waals surface area contributed by atoms with Crippen LogP contribution in [0.2, 0.25) is 0 Å². The van der Waals surface area contributed by atoms with Gasteiger partial charge < -0.3 is 4.90 Å². The Morgan fingerprint density at radius 1 is 1.26 bits per heavy atom. The SMILES string of the molecule is CN(C)c1cccc(CC[C@@H]2CCCCN2Cc2cscn2)n1. The molecule has 124 valence electrons. The van der Waals surface area contributed by atoms with Crippen molar-refractivity contribution in [1.29, 1.82) is 0 Å². The molecule has 2 aromatic rings. The first-order chi connectivity index (χ1) is 11.2. The molecule has 3 rings (SSSR count). The fraction of sp³-hybridized carbons (Fsp3) is 0.556. The molecule has 0 spiro atoms. The van der Waals surface area contributed by atoms with Crippen LogP contribution in [0.25, 0.3) is 0 Å². The summed E-state index contributed by atoms with van der Waals surface area (Å²) in [7, 11) is 4.09. The van der Waals surface area contributed by atoms with E-state index in [9.17, 15) is 0 Å². The Bertz CT molecular complexity index is 597. The van der Waals surface area contributed by atoms with Gasteiger partial charge in [-0.3, -0.25) is 4.90 Å². The van der Waals surface area contributed by atoms with Crippen molar-refractivity contribution in [3.8, 4) is 0 Å². The van der Waals surface area contributed by atoms with Crippen LogP contribution in [0.15, 0.2) is 29.1 Å². The molecule has 0 N–H and O–H groups in total. The van der Waals surface area contributed by atoms with Gasteiger partial charge in [0.2, 0.25) is 0 Å². The fourth-order valence-corrected chi connectivity index (χ4v) is 3.84. The first-order valence-electron chi connectivity index (χ1n) is 8.47. The van der Waals surface area contributed by atoms with Gasteiger partial charge in [-0.05, 0) is 44.4 Å². The van der Waals surface area contributed by atoms with Gasteiger partial charge in [0.05, 0.1) is 11.2 Å². The molecule has 1 aliphatic heterocycles. The largest absolute Gasteiger partial charge is 0.363 e. The predicted octanol–water partition coefficient (Wildman–Crippen LogP) is 3.59. The number of piperidine rings is 1. The van der Waals surface area contributed by atoms with Crippen molar-refractivity contribution in [3.63, 3.8) is 0 Å². The van der Waals surface area contributed by atoms with Crippen molar-refractivity contribution in [2.45, 2.75) is 44.7 Å². The average molecular weight is 331 g/mol. The van der Waals surface area contributed by atoms with Gasteiger partial charge in [-0.15, -0.1) is 11.3 Å². The molecule has 1 aliphatic rings. The number of likely N-dealkylation sites (tertiary alicyclic amines) is 1. The summed E-state index contributed by atoms with van der Waals surface area (Å²) in [5.41, 5.74) is 4.36. The first kappa shape index (κ1) is 16.4. The summed E-state index contributed by atoms with van der Waals surface area (Å²) in [5, 5.41) is 2.17. The predicted molar refractivity (Wildman–Crippen MR) is 97.0 cm³/mol. The highest BCUT2D eigenvalue weighted by molar-refractivity contribution is 7.07. The molecule has 0 radical (unpaired) electrons. The molecular formula is C18H26N4S. The Morgan fingerprint density at radius 3 is 2.96 bits per heavy atom. The number of aryl methyl sites for hydroxylation is 1. The van der Waals surface area contributed by atoms with Crippen LogP contribution in [0, 0.1) is 0 Å². The molecule has 5 heteroatoms. The molecule has 3 heterocycles. The average Bonchev–Trinajstić information content (AvgIpc) is 3.07. The molecule has 1 fully saturated rings. The Kier molecular flexibility index (Phi) is 5.62. The van der Waals surface area contributed by atoms with Crippen molar-refractivity contribution in [3.05, 3.63) is 40.5 Å². The lowest BCUT2D eigenvalue weighted by molar-refractivity contribution is 0.131. The molecule has 0 amide bonds. The van der Waals surface area contributed by atoms with E-state index in [0.29, 0.717) is 6.04 Å². The first-order valence-corrected chi connectivity index (χ1v) is 9.41. The second-order valence-corrected chi connectivity index (χ2v) is 7.24. The van der Waals surface area contributed by atoms with Gasteiger partial charge in [-0.1, -0.05) is 12.5 Å². The Balaban J connectivity index is 1.59. The van der Waals surface area contributed by atoms with Crippen LogP contribution in [-0.4, -0.2) is 41.5 Å². The van der Waals surface area contributed by atoms with Crippen LogP contribution in [0.4, 0.5) is 5.82 Å². The standard InChI is InChI=1S/C18H26N4S/c1-21(2)18-8-5-6-15(20-18)9-10-17-7-3-4-11-22(17)12-16-13-23-14-19-16/h5-6,8,13-14,17H,3-4,7,9-12H2,1-2H3/t17-/m0/s1. The third-order valence-electron chi connectivity index (χ3n) is 4.58. The van der Waals surface area contributed by atoms with E-state index >= 15 is 0 Å². The van der Waals surface area contributed by atoms with Crippen molar-refractivity contribution in [2.75, 3.05) is 25.5 Å². The minimum Gasteiger partial charge on any atom is -0.363 e. The van der Waals surface area contributed by atoms with E-state index < -0.39 is 0 Å². The van der Waals surface area contributed by atoms with Crippen LogP contribution in [-0.2, 0) is 13.0 Å². The summed E-state index contributed by atoms with van der Waals surface area (Å²) >= 11 is 1.69. The summed E-state index contributed by atoms with van der Waals surface area (Å²) in [4.78, 5) is 13.9. The third-order valence-corrected chi connectivity index (χ3v) is 5.22. The maximum Gasteiger partial charge on any atom is 0.128 e. The van der Waals surface area contributed by atoms with E-state index in [1.54, 1.807) is 11.3 Å². The maximum absolute atomic E-state index is 4.75. The van der Waals surface area contributed by atoms with E-state index in [2.05, 4.69) is 38.4 Å². The highest BCUT2D eigenvalue weighted by Crippen LogP contribution is 2.23. The van der Waals surface area contributed by atoms with Crippen LogP contribution in [0.5, 0.6) is 0 Å². The molecule has 0 aliphatic carbocycles. The van der Waals surface area contributed by atoms with Gasteiger partial charge in [-0.2, -0.15) is 0 Å². The van der Waals surface area contributed by atoms with E-state index in [4.69, 9.17) is 4.98 Å². The zero-order valence-corrected chi connectivity index (χ0v) is 14.9. The van der Waals surface area contributed by atoms with Crippen LogP contribution in [0.1, 0.15) is 37.1 Å².